The van der Waals surface area contributed by atoms with Gasteiger partial charge in [0, 0.05) is 5.41 Å². The van der Waals surface area contributed by atoms with Gasteiger partial charge in [0.15, 0.2) is 5.82 Å². The quantitative estimate of drug-likeness (QED) is 0.921. The molecule has 0 unspecified atom stereocenters. The van der Waals surface area contributed by atoms with E-state index >= 15 is 0 Å². The smallest absolute Gasteiger partial charge is 0.340 e. The fourth-order valence-corrected chi connectivity index (χ4v) is 2.06. The zero-order valence-corrected chi connectivity index (χ0v) is 12.4. The topological polar surface area (TPSA) is 80.9 Å². The van der Waals surface area contributed by atoms with E-state index in [2.05, 4.69) is 15.3 Å². The van der Waals surface area contributed by atoms with Crippen LogP contribution in [0, 0.1) is 6.92 Å². The Bertz CT molecular complexity index is 656. The summed E-state index contributed by atoms with van der Waals surface area (Å²) in [5.41, 5.74) is 0.728. The summed E-state index contributed by atoms with van der Waals surface area (Å²) in [6.45, 7) is 7.44. The van der Waals surface area contributed by atoms with E-state index in [-0.39, 0.29) is 10.7 Å². The van der Waals surface area contributed by atoms with Crippen LogP contribution in [0.15, 0.2) is 12.1 Å². The van der Waals surface area contributed by atoms with Crippen LogP contribution < -0.4 is 0 Å². The summed E-state index contributed by atoms with van der Waals surface area (Å²) in [5.74, 6) is -0.718. The third kappa shape index (κ3) is 2.51. The molecule has 0 radical (unpaired) electrons. The van der Waals surface area contributed by atoms with Crippen LogP contribution in [0.4, 0.5) is 0 Å². The molecule has 20 heavy (non-hydrogen) atoms. The minimum absolute atomic E-state index is 0.00143. The lowest BCUT2D eigenvalue weighted by molar-refractivity contribution is 0.0694. The van der Waals surface area contributed by atoms with Gasteiger partial charge in [-0.2, -0.15) is 10.2 Å². The molecule has 0 atom stereocenters. The van der Waals surface area contributed by atoms with Crippen LogP contribution in [0.25, 0.3) is 5.82 Å². The Morgan fingerprint density at radius 1 is 1.30 bits per heavy atom. The summed E-state index contributed by atoms with van der Waals surface area (Å²) < 4.78 is 1.30. The summed E-state index contributed by atoms with van der Waals surface area (Å²) in [4.78, 5) is 11.4. The van der Waals surface area contributed by atoms with Crippen LogP contribution in [0.2, 0.25) is 5.15 Å². The Hall–Kier alpha value is -1.95. The summed E-state index contributed by atoms with van der Waals surface area (Å²) in [7, 11) is 0. The molecule has 6 nitrogen and oxygen atoms in total. The second-order valence-electron chi connectivity index (χ2n) is 5.51. The number of aryl methyl sites for hydroxylation is 1. The van der Waals surface area contributed by atoms with Crippen molar-refractivity contribution in [3.8, 4) is 5.82 Å². The van der Waals surface area contributed by atoms with Crippen molar-refractivity contribution in [2.45, 2.75) is 33.1 Å². The average molecular weight is 295 g/mol. The van der Waals surface area contributed by atoms with Gasteiger partial charge in [0.05, 0.1) is 11.4 Å². The van der Waals surface area contributed by atoms with E-state index in [1.54, 1.807) is 12.1 Å². The summed E-state index contributed by atoms with van der Waals surface area (Å²) in [6, 6.07) is 3.46. The van der Waals surface area contributed by atoms with Crippen molar-refractivity contribution in [1.82, 2.24) is 20.0 Å². The van der Waals surface area contributed by atoms with Gasteiger partial charge in [-0.05, 0) is 19.1 Å². The molecule has 1 N–H and O–H groups in total. The highest BCUT2D eigenvalue weighted by atomic mass is 35.5. The van der Waals surface area contributed by atoms with Crippen molar-refractivity contribution in [2.24, 2.45) is 0 Å². The molecule has 0 fully saturated rings. The molecular weight excluding hydrogens is 280 g/mol. The molecule has 2 rings (SSSR count). The number of aromatic carboxylic acids is 1. The van der Waals surface area contributed by atoms with E-state index in [9.17, 15) is 9.90 Å². The van der Waals surface area contributed by atoms with Gasteiger partial charge >= 0.3 is 5.97 Å². The van der Waals surface area contributed by atoms with Crippen molar-refractivity contribution >= 4 is 17.6 Å². The minimum atomic E-state index is -1.11. The Balaban J connectivity index is 2.67. The summed E-state index contributed by atoms with van der Waals surface area (Å²) >= 11 is 6.16. The van der Waals surface area contributed by atoms with Gasteiger partial charge in [-0.1, -0.05) is 32.4 Å². The molecule has 0 amide bonds. The van der Waals surface area contributed by atoms with Gasteiger partial charge in [0.1, 0.15) is 10.7 Å². The fourth-order valence-electron chi connectivity index (χ4n) is 1.77. The van der Waals surface area contributed by atoms with Gasteiger partial charge in [-0.3, -0.25) is 0 Å². The standard InChI is InChI=1S/C13H15ClN4O2/c1-7-5-6-8(16-15-7)18-11(14)9(12(19)20)10(17-18)13(2,3)4/h5-6H,1-4H3,(H,19,20). The van der Waals surface area contributed by atoms with Gasteiger partial charge in [-0.25, -0.2) is 9.48 Å². The van der Waals surface area contributed by atoms with E-state index in [4.69, 9.17) is 11.6 Å². The molecule has 2 aromatic heterocycles. The predicted octanol–water partition coefficient (Wildman–Crippen LogP) is 2.62. The number of carbonyl (C=O) groups is 1. The molecule has 0 saturated heterocycles. The van der Waals surface area contributed by atoms with E-state index in [1.165, 1.54) is 4.68 Å². The van der Waals surface area contributed by atoms with Crippen molar-refractivity contribution in [3.05, 3.63) is 34.2 Å². The van der Waals surface area contributed by atoms with Gasteiger partial charge in [-0.15, -0.1) is 5.10 Å². The first-order valence-electron chi connectivity index (χ1n) is 6.05. The first-order chi connectivity index (χ1) is 9.21. The van der Waals surface area contributed by atoms with Crippen molar-refractivity contribution in [1.29, 1.82) is 0 Å². The first-order valence-corrected chi connectivity index (χ1v) is 6.42. The Kier molecular flexibility index (Phi) is 3.52. The largest absolute Gasteiger partial charge is 0.478 e. The number of hydrogen-bond donors (Lipinski definition) is 1. The molecule has 2 aromatic rings. The van der Waals surface area contributed by atoms with Crippen LogP contribution in [-0.4, -0.2) is 31.1 Å². The molecule has 0 saturated carbocycles. The second kappa shape index (κ2) is 4.86. The highest BCUT2D eigenvalue weighted by molar-refractivity contribution is 6.33. The van der Waals surface area contributed by atoms with Gasteiger partial charge in [0.25, 0.3) is 0 Å². The maximum absolute atomic E-state index is 11.4. The molecule has 0 bridgehead atoms. The molecular formula is C13H15ClN4O2. The maximum Gasteiger partial charge on any atom is 0.340 e. The summed E-state index contributed by atoms with van der Waals surface area (Å²) in [6.07, 6.45) is 0. The molecule has 0 spiro atoms. The predicted molar refractivity (Wildman–Crippen MR) is 74.6 cm³/mol. The second-order valence-corrected chi connectivity index (χ2v) is 5.87. The molecule has 2 heterocycles. The number of halogens is 1. The van der Waals surface area contributed by atoms with Crippen LogP contribution in [0.5, 0.6) is 0 Å². The lowest BCUT2D eigenvalue weighted by Gasteiger charge is -2.15. The zero-order valence-electron chi connectivity index (χ0n) is 11.7. The molecule has 0 aliphatic heterocycles. The van der Waals surface area contributed by atoms with Crippen LogP contribution in [0.3, 0.4) is 0 Å². The zero-order chi connectivity index (χ0) is 15.1. The number of hydrogen-bond acceptors (Lipinski definition) is 4. The van der Waals surface area contributed by atoms with Crippen molar-refractivity contribution < 1.29 is 9.90 Å². The Labute approximate surface area is 121 Å². The first kappa shape index (κ1) is 14.5. The number of nitrogens with zero attached hydrogens (tertiary/aromatic N) is 4. The average Bonchev–Trinajstić information content (AvgIpc) is 2.68. The van der Waals surface area contributed by atoms with E-state index in [0.717, 1.165) is 5.69 Å². The number of carboxylic acid groups (broad SMARTS) is 1. The van der Waals surface area contributed by atoms with Crippen LogP contribution in [-0.2, 0) is 5.41 Å². The lowest BCUT2D eigenvalue weighted by atomic mass is 9.89. The molecule has 7 heteroatoms. The third-order valence-corrected chi connectivity index (χ3v) is 3.10. The van der Waals surface area contributed by atoms with E-state index in [1.807, 2.05) is 27.7 Å². The highest BCUT2D eigenvalue weighted by Crippen LogP contribution is 2.31. The fraction of sp³-hybridized carbons (Fsp3) is 0.385. The molecule has 106 valence electrons. The lowest BCUT2D eigenvalue weighted by Crippen LogP contribution is -2.16. The van der Waals surface area contributed by atoms with Gasteiger partial charge in [0.2, 0.25) is 0 Å². The monoisotopic (exact) mass is 294 g/mol. The Morgan fingerprint density at radius 3 is 2.35 bits per heavy atom. The van der Waals surface area contributed by atoms with Crippen LogP contribution >= 0.6 is 11.6 Å². The summed E-state index contributed by atoms with van der Waals surface area (Å²) in [5, 5.41) is 21.6. The van der Waals surface area contributed by atoms with Crippen molar-refractivity contribution in [2.75, 3.05) is 0 Å². The molecule has 0 aliphatic rings. The van der Waals surface area contributed by atoms with E-state index in [0.29, 0.717) is 11.5 Å². The van der Waals surface area contributed by atoms with Gasteiger partial charge < -0.3 is 5.11 Å². The highest BCUT2D eigenvalue weighted by Gasteiger charge is 2.30. The SMILES string of the molecule is Cc1ccc(-n2nc(C(C)(C)C)c(C(=O)O)c2Cl)nn1. The Morgan fingerprint density at radius 2 is 1.95 bits per heavy atom. The number of carboxylic acids is 1. The van der Waals surface area contributed by atoms with E-state index < -0.39 is 11.4 Å². The molecule has 0 aliphatic carbocycles. The molecule has 0 aromatic carbocycles. The van der Waals surface area contributed by atoms with Crippen molar-refractivity contribution in [3.63, 3.8) is 0 Å². The minimum Gasteiger partial charge on any atom is -0.478 e. The third-order valence-electron chi connectivity index (χ3n) is 2.75. The normalized spacial score (nSPS) is 11.7. The number of aromatic nitrogens is 4. The maximum atomic E-state index is 11.4. The van der Waals surface area contributed by atoms with Crippen LogP contribution in [0.1, 0.15) is 42.5 Å². The number of rotatable bonds is 2.